The van der Waals surface area contributed by atoms with E-state index in [-0.39, 0.29) is 10.5 Å². The Morgan fingerprint density at radius 3 is 2.40 bits per heavy atom. The molecule has 0 aliphatic heterocycles. The lowest BCUT2D eigenvalue weighted by Crippen LogP contribution is -2.31. The van der Waals surface area contributed by atoms with Crippen molar-refractivity contribution in [3.63, 3.8) is 0 Å². The minimum atomic E-state index is -3.67. The van der Waals surface area contributed by atoms with Gasteiger partial charge < -0.3 is 5.32 Å². The van der Waals surface area contributed by atoms with E-state index in [2.05, 4.69) is 5.32 Å². The SMILES string of the molecule is CCN(CC)S(=O)(=O)c1cc(C(=O)Nc2cccc(F)c2)ccc1C. The molecule has 0 unspecified atom stereocenters. The van der Waals surface area contributed by atoms with Gasteiger partial charge in [-0.2, -0.15) is 4.31 Å². The van der Waals surface area contributed by atoms with Crippen molar-refractivity contribution < 1.29 is 17.6 Å². The van der Waals surface area contributed by atoms with E-state index in [0.717, 1.165) is 0 Å². The molecule has 2 aromatic carbocycles. The molecule has 0 spiro atoms. The Labute approximate surface area is 147 Å². The van der Waals surface area contributed by atoms with E-state index >= 15 is 0 Å². The minimum Gasteiger partial charge on any atom is -0.322 e. The van der Waals surface area contributed by atoms with Crippen LogP contribution in [0.3, 0.4) is 0 Å². The van der Waals surface area contributed by atoms with Gasteiger partial charge in [0.15, 0.2) is 0 Å². The summed E-state index contributed by atoms with van der Waals surface area (Å²) >= 11 is 0. The van der Waals surface area contributed by atoms with E-state index < -0.39 is 21.7 Å². The smallest absolute Gasteiger partial charge is 0.255 e. The van der Waals surface area contributed by atoms with E-state index in [1.165, 1.54) is 28.6 Å². The number of carbonyl (C=O) groups is 1. The molecular formula is C18H21FN2O3S. The summed E-state index contributed by atoms with van der Waals surface area (Å²) in [5, 5.41) is 2.57. The number of anilines is 1. The number of nitrogens with zero attached hydrogens (tertiary/aromatic N) is 1. The van der Waals surface area contributed by atoms with Crippen LogP contribution in [0.5, 0.6) is 0 Å². The maximum absolute atomic E-state index is 13.2. The lowest BCUT2D eigenvalue weighted by molar-refractivity contribution is 0.102. The maximum Gasteiger partial charge on any atom is 0.255 e. The third-order valence-corrected chi connectivity index (χ3v) is 6.05. The van der Waals surface area contributed by atoms with Gasteiger partial charge in [-0.05, 0) is 42.8 Å². The molecule has 2 aromatic rings. The fourth-order valence-electron chi connectivity index (χ4n) is 2.49. The van der Waals surface area contributed by atoms with Crippen LogP contribution in [0.2, 0.25) is 0 Å². The van der Waals surface area contributed by atoms with E-state index in [9.17, 15) is 17.6 Å². The number of hydrogen-bond donors (Lipinski definition) is 1. The van der Waals surface area contributed by atoms with Gasteiger partial charge in [-0.1, -0.05) is 26.0 Å². The van der Waals surface area contributed by atoms with Gasteiger partial charge in [-0.25, -0.2) is 12.8 Å². The van der Waals surface area contributed by atoms with Crippen LogP contribution in [0.15, 0.2) is 47.4 Å². The van der Waals surface area contributed by atoms with E-state index in [1.54, 1.807) is 39.0 Å². The van der Waals surface area contributed by atoms with Crippen LogP contribution in [0, 0.1) is 12.7 Å². The molecule has 2 rings (SSSR count). The Kier molecular flexibility index (Phi) is 5.92. The van der Waals surface area contributed by atoms with Crippen molar-refractivity contribution in [2.75, 3.05) is 18.4 Å². The van der Waals surface area contributed by atoms with Gasteiger partial charge in [-0.15, -0.1) is 0 Å². The Hall–Kier alpha value is -2.25. The zero-order valence-electron chi connectivity index (χ0n) is 14.4. The first-order valence-corrected chi connectivity index (χ1v) is 9.41. The van der Waals surface area contributed by atoms with Crippen molar-refractivity contribution in [3.05, 3.63) is 59.4 Å². The summed E-state index contributed by atoms with van der Waals surface area (Å²) in [6.07, 6.45) is 0. The summed E-state index contributed by atoms with van der Waals surface area (Å²) in [6, 6.07) is 10.0. The van der Waals surface area contributed by atoms with E-state index in [1.807, 2.05) is 0 Å². The zero-order chi connectivity index (χ0) is 18.6. The summed E-state index contributed by atoms with van der Waals surface area (Å²) in [5.41, 5.74) is 1.06. The van der Waals surface area contributed by atoms with Crippen LogP contribution < -0.4 is 5.32 Å². The molecular weight excluding hydrogens is 343 g/mol. The molecule has 0 saturated carbocycles. The number of sulfonamides is 1. The average molecular weight is 364 g/mol. The summed E-state index contributed by atoms with van der Waals surface area (Å²) in [6.45, 7) is 5.90. The number of benzene rings is 2. The first-order valence-electron chi connectivity index (χ1n) is 7.97. The number of carbonyl (C=O) groups excluding carboxylic acids is 1. The molecule has 134 valence electrons. The quantitative estimate of drug-likeness (QED) is 0.854. The lowest BCUT2D eigenvalue weighted by atomic mass is 10.1. The van der Waals surface area contributed by atoms with Crippen molar-refractivity contribution >= 4 is 21.6 Å². The van der Waals surface area contributed by atoms with Crippen LogP contribution in [0.1, 0.15) is 29.8 Å². The van der Waals surface area contributed by atoms with Gasteiger partial charge in [0.05, 0.1) is 4.90 Å². The number of amides is 1. The van der Waals surface area contributed by atoms with Crippen molar-refractivity contribution in [1.82, 2.24) is 4.31 Å². The lowest BCUT2D eigenvalue weighted by Gasteiger charge is -2.20. The van der Waals surface area contributed by atoms with Crippen molar-refractivity contribution in [2.24, 2.45) is 0 Å². The highest BCUT2D eigenvalue weighted by molar-refractivity contribution is 7.89. The molecule has 0 aromatic heterocycles. The average Bonchev–Trinajstić information content (AvgIpc) is 2.55. The maximum atomic E-state index is 13.2. The van der Waals surface area contributed by atoms with Crippen molar-refractivity contribution in [3.8, 4) is 0 Å². The van der Waals surface area contributed by atoms with Gasteiger partial charge in [-0.3, -0.25) is 4.79 Å². The molecule has 0 bridgehead atoms. The molecule has 0 saturated heterocycles. The highest BCUT2D eigenvalue weighted by Gasteiger charge is 2.24. The molecule has 0 fully saturated rings. The highest BCUT2D eigenvalue weighted by Crippen LogP contribution is 2.22. The van der Waals surface area contributed by atoms with Crippen LogP contribution in [0.4, 0.5) is 10.1 Å². The molecule has 1 N–H and O–H groups in total. The van der Waals surface area contributed by atoms with Gasteiger partial charge in [0.2, 0.25) is 10.0 Å². The molecule has 25 heavy (non-hydrogen) atoms. The molecule has 0 atom stereocenters. The zero-order valence-corrected chi connectivity index (χ0v) is 15.2. The largest absolute Gasteiger partial charge is 0.322 e. The van der Waals surface area contributed by atoms with Gasteiger partial charge in [0.1, 0.15) is 5.82 Å². The monoisotopic (exact) mass is 364 g/mol. The van der Waals surface area contributed by atoms with Crippen LogP contribution in [0.25, 0.3) is 0 Å². The summed E-state index contributed by atoms with van der Waals surface area (Å²) in [4.78, 5) is 12.5. The fraction of sp³-hybridized carbons (Fsp3) is 0.278. The second kappa shape index (κ2) is 7.76. The molecule has 7 heteroatoms. The first-order chi connectivity index (χ1) is 11.8. The second-order valence-corrected chi connectivity index (χ2v) is 7.44. The first kappa shape index (κ1) is 19.1. The third kappa shape index (κ3) is 4.24. The van der Waals surface area contributed by atoms with Crippen LogP contribution >= 0.6 is 0 Å². The minimum absolute atomic E-state index is 0.100. The Morgan fingerprint density at radius 1 is 1.12 bits per heavy atom. The summed E-state index contributed by atoms with van der Waals surface area (Å²) in [5.74, 6) is -0.965. The van der Waals surface area contributed by atoms with Gasteiger partial charge >= 0.3 is 0 Å². The Balaban J connectivity index is 2.37. The summed E-state index contributed by atoms with van der Waals surface area (Å²) in [7, 11) is -3.67. The summed E-state index contributed by atoms with van der Waals surface area (Å²) < 4.78 is 40.0. The van der Waals surface area contributed by atoms with Crippen molar-refractivity contribution in [1.29, 1.82) is 0 Å². The topological polar surface area (TPSA) is 66.5 Å². The number of aryl methyl sites for hydroxylation is 1. The Bertz CT molecular complexity index is 878. The number of halogens is 1. The standard InChI is InChI=1S/C18H21FN2O3S/c1-4-21(5-2)25(23,24)17-11-14(10-9-13(17)3)18(22)20-16-8-6-7-15(19)12-16/h6-12H,4-5H2,1-3H3,(H,20,22). The third-order valence-electron chi connectivity index (χ3n) is 3.86. The Morgan fingerprint density at radius 2 is 1.80 bits per heavy atom. The van der Waals surface area contributed by atoms with Crippen molar-refractivity contribution in [2.45, 2.75) is 25.7 Å². The van der Waals surface area contributed by atoms with E-state index in [0.29, 0.717) is 24.3 Å². The normalized spacial score (nSPS) is 11.6. The molecule has 5 nitrogen and oxygen atoms in total. The fourth-order valence-corrected chi connectivity index (χ4v) is 4.20. The molecule has 0 radical (unpaired) electrons. The predicted octanol–water partition coefficient (Wildman–Crippen LogP) is 3.42. The molecule has 0 aliphatic carbocycles. The molecule has 0 heterocycles. The predicted molar refractivity (Wildman–Crippen MR) is 95.6 cm³/mol. The number of hydrogen-bond acceptors (Lipinski definition) is 3. The number of nitrogens with one attached hydrogen (secondary N) is 1. The van der Waals surface area contributed by atoms with Gasteiger partial charge in [0, 0.05) is 24.3 Å². The molecule has 0 aliphatic rings. The van der Waals surface area contributed by atoms with Crippen LogP contribution in [-0.2, 0) is 10.0 Å². The van der Waals surface area contributed by atoms with Crippen LogP contribution in [-0.4, -0.2) is 31.7 Å². The number of rotatable bonds is 6. The highest BCUT2D eigenvalue weighted by atomic mass is 32.2. The second-order valence-electron chi connectivity index (χ2n) is 5.53. The van der Waals surface area contributed by atoms with Gasteiger partial charge in [0.25, 0.3) is 5.91 Å². The molecule has 1 amide bonds. The van der Waals surface area contributed by atoms with E-state index in [4.69, 9.17) is 0 Å².